The normalized spacial score (nSPS) is 26.7. The maximum absolute atomic E-state index is 13.4. The van der Waals surface area contributed by atoms with Crippen LogP contribution in [-0.4, -0.2) is 55.9 Å². The first-order chi connectivity index (χ1) is 15.4. The van der Waals surface area contributed by atoms with Crippen molar-refractivity contribution in [1.29, 1.82) is 0 Å². The first kappa shape index (κ1) is 21.6. The molecule has 1 amide bonds. The van der Waals surface area contributed by atoms with Crippen LogP contribution in [0.3, 0.4) is 0 Å². The number of hydrogen-bond donors (Lipinski definition) is 0. The van der Waals surface area contributed by atoms with Crippen LogP contribution in [0, 0.1) is 5.41 Å². The molecule has 1 unspecified atom stereocenters. The van der Waals surface area contributed by atoms with Gasteiger partial charge < -0.3 is 9.64 Å². The monoisotopic (exact) mass is 454 g/mol. The fraction of sp³-hybridized carbons (Fsp3) is 0.480. The number of benzene rings is 2. The number of amides is 1. The first-order valence-corrected chi connectivity index (χ1v) is 12.9. The molecule has 5 rings (SSSR count). The lowest BCUT2D eigenvalue weighted by Gasteiger charge is -2.47. The lowest BCUT2D eigenvalue weighted by atomic mass is 9.79. The van der Waals surface area contributed by atoms with Crippen molar-refractivity contribution in [2.24, 2.45) is 5.41 Å². The summed E-state index contributed by atoms with van der Waals surface area (Å²) in [5, 5.41) is -0.501. The number of carbonyl (C=O) groups is 1. The molecule has 170 valence electrons. The van der Waals surface area contributed by atoms with Gasteiger partial charge in [0.05, 0.1) is 6.61 Å². The molecule has 2 atom stereocenters. The minimum absolute atomic E-state index is 0.0391. The van der Waals surface area contributed by atoms with Gasteiger partial charge in [0.15, 0.2) is 0 Å². The molecule has 0 aromatic heterocycles. The Hall–Kier alpha value is -2.22. The van der Waals surface area contributed by atoms with Gasteiger partial charge in [0.2, 0.25) is 10.0 Å². The highest BCUT2D eigenvalue weighted by Crippen LogP contribution is 2.39. The van der Waals surface area contributed by atoms with Crippen LogP contribution in [0.1, 0.15) is 52.9 Å². The number of sulfonamides is 1. The maximum Gasteiger partial charge on any atom is 0.253 e. The average molecular weight is 455 g/mol. The second-order valence-electron chi connectivity index (χ2n) is 9.58. The van der Waals surface area contributed by atoms with Crippen LogP contribution in [0.25, 0.3) is 0 Å². The molecular weight excluding hydrogens is 424 g/mol. The molecule has 2 aromatic rings. The van der Waals surface area contributed by atoms with Gasteiger partial charge in [-0.05, 0) is 49.4 Å². The summed E-state index contributed by atoms with van der Waals surface area (Å²) < 4.78 is 34.0. The van der Waals surface area contributed by atoms with E-state index in [-0.39, 0.29) is 17.4 Å². The van der Waals surface area contributed by atoms with Crippen molar-refractivity contribution in [1.82, 2.24) is 9.21 Å². The summed E-state index contributed by atoms with van der Waals surface area (Å²) in [6.07, 6.45) is 2.50. The topological polar surface area (TPSA) is 66.9 Å². The van der Waals surface area contributed by atoms with Gasteiger partial charge in [-0.15, -0.1) is 0 Å². The molecular formula is C25H30N2O4S. The van der Waals surface area contributed by atoms with Crippen molar-refractivity contribution in [2.45, 2.75) is 44.0 Å². The number of rotatable bonds is 4. The largest absolute Gasteiger partial charge is 0.381 e. The van der Waals surface area contributed by atoms with Gasteiger partial charge in [-0.3, -0.25) is 4.79 Å². The highest BCUT2D eigenvalue weighted by atomic mass is 32.2. The maximum atomic E-state index is 13.4. The summed E-state index contributed by atoms with van der Waals surface area (Å²) in [5.41, 5.74) is 2.57. The summed E-state index contributed by atoms with van der Waals surface area (Å²) in [7, 11) is -3.47. The van der Waals surface area contributed by atoms with Crippen molar-refractivity contribution < 1.29 is 17.9 Å². The lowest BCUT2D eigenvalue weighted by Crippen LogP contribution is -2.58. The standard InChI is InChI=1S/C25H30N2O4S/c1-19-7-12-23(21-5-3-2-4-6-21)32(29,30)27(19)15-20-8-10-22(11-9-20)24(28)26-16-25(17-26)13-14-31-18-25/h2-6,8-11,19,23H,7,12-18H2,1H3/t19-,23?/m0/s1. The van der Waals surface area contributed by atoms with Crippen LogP contribution in [0.2, 0.25) is 0 Å². The fourth-order valence-electron chi connectivity index (χ4n) is 5.27. The molecule has 0 N–H and O–H groups in total. The van der Waals surface area contributed by atoms with Gasteiger partial charge in [0.1, 0.15) is 5.25 Å². The minimum Gasteiger partial charge on any atom is -0.381 e. The van der Waals surface area contributed by atoms with Gasteiger partial charge in [0, 0.05) is 43.3 Å². The lowest BCUT2D eigenvalue weighted by molar-refractivity contribution is 0.000360. The zero-order valence-corrected chi connectivity index (χ0v) is 19.3. The van der Waals surface area contributed by atoms with E-state index in [9.17, 15) is 13.2 Å². The minimum atomic E-state index is -3.47. The van der Waals surface area contributed by atoms with Gasteiger partial charge >= 0.3 is 0 Å². The second-order valence-corrected chi connectivity index (χ2v) is 11.6. The number of nitrogens with zero attached hydrogens (tertiary/aromatic N) is 2. The highest BCUT2D eigenvalue weighted by molar-refractivity contribution is 7.89. The Morgan fingerprint density at radius 1 is 1.06 bits per heavy atom. The van der Waals surface area contributed by atoms with Gasteiger partial charge in [-0.2, -0.15) is 4.31 Å². The van der Waals surface area contributed by atoms with E-state index in [1.807, 2.05) is 66.4 Å². The van der Waals surface area contributed by atoms with Crippen LogP contribution < -0.4 is 0 Å². The molecule has 0 saturated carbocycles. The van der Waals surface area contributed by atoms with E-state index in [0.29, 0.717) is 18.5 Å². The fourth-order valence-corrected chi connectivity index (χ4v) is 7.47. The van der Waals surface area contributed by atoms with Crippen molar-refractivity contribution >= 4 is 15.9 Å². The molecule has 1 spiro atoms. The molecule has 0 bridgehead atoms. The quantitative estimate of drug-likeness (QED) is 0.708. The Morgan fingerprint density at radius 2 is 1.78 bits per heavy atom. The Balaban J connectivity index is 1.28. The molecule has 0 radical (unpaired) electrons. The Bertz CT molecular complexity index is 1070. The Labute approximate surface area is 190 Å². The van der Waals surface area contributed by atoms with Crippen molar-refractivity contribution in [2.75, 3.05) is 26.3 Å². The molecule has 3 heterocycles. The smallest absolute Gasteiger partial charge is 0.253 e. The average Bonchev–Trinajstić information content (AvgIpc) is 3.27. The number of carbonyl (C=O) groups excluding carboxylic acids is 1. The molecule has 0 aliphatic carbocycles. The molecule has 6 nitrogen and oxygen atoms in total. The summed E-state index contributed by atoms with van der Waals surface area (Å²) >= 11 is 0. The second kappa shape index (κ2) is 8.28. The van der Waals surface area contributed by atoms with Crippen molar-refractivity contribution in [3.05, 3.63) is 71.3 Å². The molecule has 3 aliphatic heterocycles. The zero-order valence-electron chi connectivity index (χ0n) is 18.4. The number of likely N-dealkylation sites (tertiary alicyclic amines) is 1. The SMILES string of the molecule is C[C@H]1CCC(c2ccccc2)S(=O)(=O)N1Cc1ccc(C(=O)N2CC3(CCOC3)C2)cc1. The molecule has 3 aliphatic rings. The summed E-state index contributed by atoms with van der Waals surface area (Å²) in [6.45, 7) is 5.37. The third-order valence-corrected chi connectivity index (χ3v) is 9.63. The predicted molar refractivity (Wildman–Crippen MR) is 123 cm³/mol. The number of hydrogen-bond acceptors (Lipinski definition) is 4. The van der Waals surface area contributed by atoms with Gasteiger partial charge in [0.25, 0.3) is 5.91 Å². The molecule has 3 fully saturated rings. The zero-order chi connectivity index (χ0) is 22.3. The van der Waals surface area contributed by atoms with Crippen LogP contribution >= 0.6 is 0 Å². The van der Waals surface area contributed by atoms with Crippen LogP contribution in [0.15, 0.2) is 54.6 Å². The van der Waals surface area contributed by atoms with Crippen molar-refractivity contribution in [3.63, 3.8) is 0 Å². The third kappa shape index (κ3) is 3.87. The van der Waals surface area contributed by atoms with E-state index in [4.69, 9.17) is 4.74 Å². The predicted octanol–water partition coefficient (Wildman–Crippen LogP) is 3.60. The van der Waals surface area contributed by atoms with Crippen LogP contribution in [0.5, 0.6) is 0 Å². The summed E-state index contributed by atoms with van der Waals surface area (Å²) in [4.78, 5) is 14.7. The van der Waals surface area contributed by atoms with Crippen LogP contribution in [-0.2, 0) is 21.3 Å². The van der Waals surface area contributed by atoms with Crippen LogP contribution in [0.4, 0.5) is 0 Å². The van der Waals surface area contributed by atoms with E-state index < -0.39 is 15.3 Å². The Morgan fingerprint density at radius 3 is 2.44 bits per heavy atom. The van der Waals surface area contributed by atoms with E-state index in [1.54, 1.807) is 4.31 Å². The van der Waals surface area contributed by atoms with E-state index >= 15 is 0 Å². The van der Waals surface area contributed by atoms with E-state index in [2.05, 4.69) is 0 Å². The van der Waals surface area contributed by atoms with E-state index in [0.717, 1.165) is 50.3 Å². The number of ether oxygens (including phenoxy) is 1. The first-order valence-electron chi connectivity index (χ1n) is 11.4. The van der Waals surface area contributed by atoms with E-state index in [1.165, 1.54) is 0 Å². The van der Waals surface area contributed by atoms with Crippen molar-refractivity contribution in [3.8, 4) is 0 Å². The Kier molecular flexibility index (Phi) is 5.60. The molecule has 32 heavy (non-hydrogen) atoms. The third-order valence-electron chi connectivity index (χ3n) is 7.26. The summed E-state index contributed by atoms with van der Waals surface area (Å²) in [6, 6.07) is 16.9. The van der Waals surface area contributed by atoms with Gasteiger partial charge in [-0.1, -0.05) is 42.5 Å². The highest BCUT2D eigenvalue weighted by Gasteiger charge is 2.47. The summed E-state index contributed by atoms with van der Waals surface area (Å²) in [5.74, 6) is 0.0391. The molecule has 2 aromatic carbocycles. The molecule has 3 saturated heterocycles. The van der Waals surface area contributed by atoms with Gasteiger partial charge in [-0.25, -0.2) is 8.42 Å². The molecule has 7 heteroatoms.